The molecule has 0 radical (unpaired) electrons. The number of hydrogen-bond donors (Lipinski definition) is 2. The number of rotatable bonds is 4. The van der Waals surface area contributed by atoms with Gasteiger partial charge in [-0.2, -0.15) is 13.2 Å². The van der Waals surface area contributed by atoms with E-state index in [0.717, 1.165) is 0 Å². The first-order valence-corrected chi connectivity index (χ1v) is 4.96. The van der Waals surface area contributed by atoms with Crippen LogP contribution in [0.3, 0.4) is 0 Å². The second-order valence-electron chi connectivity index (χ2n) is 3.58. The number of aromatic nitrogens is 1. The van der Waals surface area contributed by atoms with Crippen LogP contribution in [0, 0.1) is 0 Å². The summed E-state index contributed by atoms with van der Waals surface area (Å²) < 4.78 is 63.5. The van der Waals surface area contributed by atoms with Crippen LogP contribution in [0.25, 0.3) is 0 Å². The Kier molecular flexibility index (Phi) is 4.40. The first-order valence-electron chi connectivity index (χ1n) is 4.96. The third-order valence-electron chi connectivity index (χ3n) is 2.36. The minimum atomic E-state index is -5.04. The number of aliphatic carboxylic acids is 1. The van der Waals surface area contributed by atoms with Gasteiger partial charge in [0.2, 0.25) is 0 Å². The summed E-state index contributed by atoms with van der Waals surface area (Å²) in [5.41, 5.74) is 1.19. The zero-order valence-electron chi connectivity index (χ0n) is 9.34. The minimum absolute atomic E-state index is 0.245. The number of nitrogens with two attached hydrogens (primary N) is 1. The second kappa shape index (κ2) is 5.47. The van der Waals surface area contributed by atoms with Gasteiger partial charge < -0.3 is 10.8 Å². The largest absolute Gasteiger partial charge is 0.481 e. The van der Waals surface area contributed by atoms with Gasteiger partial charge in [0.25, 0.3) is 6.43 Å². The van der Waals surface area contributed by atoms with E-state index in [1.54, 1.807) is 0 Å². The second-order valence-corrected chi connectivity index (χ2v) is 3.58. The minimum Gasteiger partial charge on any atom is -0.481 e. The SMILES string of the molecule is NCc1ncc(C(F)(F)F)c(C(F)F)c1CC(=O)O. The van der Waals surface area contributed by atoms with E-state index in [2.05, 4.69) is 4.98 Å². The van der Waals surface area contributed by atoms with Crippen molar-refractivity contribution in [3.05, 3.63) is 28.6 Å². The highest BCUT2D eigenvalue weighted by atomic mass is 19.4. The summed E-state index contributed by atoms with van der Waals surface area (Å²) in [5, 5.41) is 8.59. The standard InChI is InChI=1S/C10H9F5N2O2/c11-9(12)8-4(1-7(18)19)6(2-16)17-3-5(8)10(13,14)15/h3,9H,1-2,16H2,(H,18,19). The number of pyridine rings is 1. The summed E-state index contributed by atoms with van der Waals surface area (Å²) >= 11 is 0. The molecule has 0 unspecified atom stereocenters. The lowest BCUT2D eigenvalue weighted by atomic mass is 9.98. The molecule has 0 aliphatic carbocycles. The molecular formula is C10H9F5N2O2. The molecule has 0 amide bonds. The molecule has 1 aromatic heterocycles. The maximum absolute atomic E-state index is 12.8. The molecule has 1 aromatic rings. The van der Waals surface area contributed by atoms with Gasteiger partial charge in [-0.1, -0.05) is 0 Å². The summed E-state index contributed by atoms with van der Waals surface area (Å²) in [6.45, 7) is -0.430. The van der Waals surface area contributed by atoms with Crippen LogP contribution < -0.4 is 5.73 Å². The molecule has 0 aromatic carbocycles. The van der Waals surface area contributed by atoms with Crippen molar-refractivity contribution in [3.8, 4) is 0 Å². The van der Waals surface area contributed by atoms with Crippen LogP contribution >= 0.6 is 0 Å². The number of halogens is 5. The lowest BCUT2D eigenvalue weighted by Crippen LogP contribution is -2.18. The van der Waals surface area contributed by atoms with Gasteiger partial charge in [-0.3, -0.25) is 9.78 Å². The molecule has 106 valence electrons. The fourth-order valence-electron chi connectivity index (χ4n) is 1.61. The van der Waals surface area contributed by atoms with Crippen molar-refractivity contribution >= 4 is 5.97 Å². The first-order chi connectivity index (χ1) is 8.68. The number of nitrogens with zero attached hydrogens (tertiary/aromatic N) is 1. The van der Waals surface area contributed by atoms with E-state index in [1.807, 2.05) is 0 Å². The monoisotopic (exact) mass is 284 g/mol. The average Bonchev–Trinajstić information content (AvgIpc) is 2.25. The molecule has 0 aliphatic heterocycles. The molecule has 0 spiro atoms. The molecule has 1 heterocycles. The summed E-state index contributed by atoms with van der Waals surface area (Å²) in [7, 11) is 0. The summed E-state index contributed by atoms with van der Waals surface area (Å²) in [6.07, 6.45) is -9.27. The van der Waals surface area contributed by atoms with Crippen LogP contribution in [0.2, 0.25) is 0 Å². The van der Waals surface area contributed by atoms with Crippen molar-refractivity contribution in [2.45, 2.75) is 25.6 Å². The highest BCUT2D eigenvalue weighted by Gasteiger charge is 2.38. The van der Waals surface area contributed by atoms with E-state index in [1.165, 1.54) is 0 Å². The lowest BCUT2D eigenvalue weighted by Gasteiger charge is -2.17. The van der Waals surface area contributed by atoms with Crippen molar-refractivity contribution in [1.29, 1.82) is 0 Å². The zero-order valence-corrected chi connectivity index (χ0v) is 9.34. The van der Waals surface area contributed by atoms with Crippen LogP contribution in [0.15, 0.2) is 6.20 Å². The van der Waals surface area contributed by atoms with Crippen molar-refractivity contribution in [3.63, 3.8) is 0 Å². The lowest BCUT2D eigenvalue weighted by molar-refractivity contribution is -0.140. The quantitative estimate of drug-likeness (QED) is 0.830. The van der Waals surface area contributed by atoms with E-state index in [9.17, 15) is 26.7 Å². The molecule has 0 saturated heterocycles. The molecule has 0 saturated carbocycles. The van der Waals surface area contributed by atoms with Crippen LogP contribution in [-0.4, -0.2) is 16.1 Å². The molecule has 4 nitrogen and oxygen atoms in total. The van der Waals surface area contributed by atoms with E-state index in [-0.39, 0.29) is 11.9 Å². The van der Waals surface area contributed by atoms with E-state index >= 15 is 0 Å². The van der Waals surface area contributed by atoms with Gasteiger partial charge in [-0.25, -0.2) is 8.78 Å². The van der Waals surface area contributed by atoms with Crippen molar-refractivity contribution in [2.75, 3.05) is 0 Å². The summed E-state index contributed by atoms with van der Waals surface area (Å²) in [5.74, 6) is -1.54. The molecule has 3 N–H and O–H groups in total. The topological polar surface area (TPSA) is 76.2 Å². The Bertz CT molecular complexity index is 488. The Hall–Kier alpha value is -1.77. The van der Waals surface area contributed by atoms with Gasteiger partial charge in [0, 0.05) is 18.3 Å². The van der Waals surface area contributed by atoms with Crippen LogP contribution in [0.1, 0.15) is 28.8 Å². The fourth-order valence-corrected chi connectivity index (χ4v) is 1.61. The van der Waals surface area contributed by atoms with Crippen LogP contribution in [0.4, 0.5) is 22.0 Å². The number of carbonyl (C=O) groups is 1. The van der Waals surface area contributed by atoms with Gasteiger partial charge in [0.1, 0.15) is 0 Å². The molecule has 0 bridgehead atoms. The fraction of sp³-hybridized carbons (Fsp3) is 0.400. The predicted molar refractivity (Wildman–Crippen MR) is 53.4 cm³/mol. The Morgan fingerprint density at radius 1 is 1.42 bits per heavy atom. The third kappa shape index (κ3) is 3.37. The highest BCUT2D eigenvalue weighted by Crippen LogP contribution is 2.38. The molecule has 0 fully saturated rings. The first kappa shape index (κ1) is 15.3. The van der Waals surface area contributed by atoms with Crippen LogP contribution in [-0.2, 0) is 23.9 Å². The summed E-state index contributed by atoms with van der Waals surface area (Å²) in [4.78, 5) is 13.9. The molecule has 19 heavy (non-hydrogen) atoms. The Morgan fingerprint density at radius 3 is 2.37 bits per heavy atom. The van der Waals surface area contributed by atoms with E-state index < -0.39 is 48.2 Å². The van der Waals surface area contributed by atoms with Crippen molar-refractivity contribution < 1.29 is 31.9 Å². The van der Waals surface area contributed by atoms with E-state index in [4.69, 9.17) is 10.8 Å². The molecule has 0 aliphatic rings. The Labute approximate surface area is 104 Å². The van der Waals surface area contributed by atoms with Gasteiger partial charge in [-0.15, -0.1) is 0 Å². The van der Waals surface area contributed by atoms with Crippen molar-refractivity contribution in [2.24, 2.45) is 5.73 Å². The molecule has 0 atom stereocenters. The van der Waals surface area contributed by atoms with Gasteiger partial charge in [0.15, 0.2) is 0 Å². The number of hydrogen-bond acceptors (Lipinski definition) is 3. The van der Waals surface area contributed by atoms with Gasteiger partial charge >= 0.3 is 12.1 Å². The van der Waals surface area contributed by atoms with Crippen LogP contribution in [0.5, 0.6) is 0 Å². The molecule has 9 heteroatoms. The summed E-state index contributed by atoms with van der Waals surface area (Å²) in [6, 6.07) is 0. The maximum Gasteiger partial charge on any atom is 0.418 e. The van der Waals surface area contributed by atoms with Gasteiger partial charge in [-0.05, 0) is 5.56 Å². The molecule has 1 rings (SSSR count). The maximum atomic E-state index is 12.8. The third-order valence-corrected chi connectivity index (χ3v) is 2.36. The smallest absolute Gasteiger partial charge is 0.418 e. The zero-order chi connectivity index (χ0) is 14.8. The predicted octanol–water partition coefficient (Wildman–Crippen LogP) is 2.12. The average molecular weight is 284 g/mol. The number of carboxylic acid groups (broad SMARTS) is 1. The normalized spacial score (nSPS) is 11.9. The van der Waals surface area contributed by atoms with Gasteiger partial charge in [0.05, 0.1) is 17.7 Å². The number of alkyl halides is 5. The Morgan fingerprint density at radius 2 is 2.00 bits per heavy atom. The van der Waals surface area contributed by atoms with Crippen molar-refractivity contribution in [1.82, 2.24) is 4.98 Å². The Balaban J connectivity index is 3.58. The van der Waals surface area contributed by atoms with E-state index in [0.29, 0.717) is 0 Å². The number of carboxylic acids is 1. The highest BCUT2D eigenvalue weighted by molar-refractivity contribution is 5.71. The molecular weight excluding hydrogens is 275 g/mol.